The summed E-state index contributed by atoms with van der Waals surface area (Å²) in [5.74, 6) is 0.937. The van der Waals surface area contributed by atoms with Gasteiger partial charge in [-0.15, -0.1) is 24.0 Å². The lowest BCUT2D eigenvalue weighted by atomic mass is 9.98. The predicted octanol–water partition coefficient (Wildman–Crippen LogP) is 3.68. The van der Waals surface area contributed by atoms with Crippen molar-refractivity contribution in [3.8, 4) is 5.75 Å². The largest absolute Gasteiger partial charge is 0.497 e. The molecule has 31 heavy (non-hydrogen) atoms. The van der Waals surface area contributed by atoms with Crippen LogP contribution in [0.5, 0.6) is 5.75 Å². The number of likely N-dealkylation sites (tertiary alicyclic amines) is 1. The minimum Gasteiger partial charge on any atom is -0.497 e. The normalized spacial score (nSPS) is 16.7. The van der Waals surface area contributed by atoms with Gasteiger partial charge in [-0.2, -0.15) is 0 Å². The van der Waals surface area contributed by atoms with Crippen molar-refractivity contribution in [1.29, 1.82) is 0 Å². The number of ether oxygens (including phenoxy) is 1. The van der Waals surface area contributed by atoms with Crippen LogP contribution < -0.4 is 10.1 Å². The van der Waals surface area contributed by atoms with Crippen molar-refractivity contribution in [2.75, 3.05) is 39.0 Å². The Morgan fingerprint density at radius 3 is 2.58 bits per heavy atom. The van der Waals surface area contributed by atoms with Crippen molar-refractivity contribution in [2.45, 2.75) is 24.2 Å². The first kappa shape index (κ1) is 25.4. The lowest BCUT2D eigenvalue weighted by Crippen LogP contribution is -2.40. The molecule has 1 N–H and O–H groups in total. The van der Waals surface area contributed by atoms with Crippen LogP contribution in [-0.4, -0.2) is 58.3 Å². The third-order valence-electron chi connectivity index (χ3n) is 5.20. The molecule has 0 amide bonds. The highest BCUT2D eigenvalue weighted by atomic mass is 127. The maximum atomic E-state index is 13.8. The van der Waals surface area contributed by atoms with Crippen LogP contribution in [0.15, 0.2) is 58.4 Å². The number of nitrogens with zero attached hydrogens (tertiary/aromatic N) is 2. The van der Waals surface area contributed by atoms with Gasteiger partial charge in [-0.3, -0.25) is 4.99 Å². The number of rotatable bonds is 7. The van der Waals surface area contributed by atoms with Gasteiger partial charge in [0.15, 0.2) is 15.8 Å². The van der Waals surface area contributed by atoms with Gasteiger partial charge in [0.05, 0.1) is 19.4 Å². The highest BCUT2D eigenvalue weighted by molar-refractivity contribution is 14.0. The Balaban J connectivity index is 0.00000341. The molecule has 1 aliphatic rings. The van der Waals surface area contributed by atoms with Gasteiger partial charge in [0.25, 0.3) is 0 Å². The molecule has 170 valence electrons. The molecule has 9 heteroatoms. The van der Waals surface area contributed by atoms with Gasteiger partial charge in [0.2, 0.25) is 0 Å². The lowest BCUT2D eigenvalue weighted by molar-refractivity contribution is 0.414. The number of methoxy groups -OCH3 is 1. The number of benzene rings is 2. The second kappa shape index (κ2) is 11.7. The van der Waals surface area contributed by atoms with Gasteiger partial charge < -0.3 is 15.0 Å². The van der Waals surface area contributed by atoms with E-state index in [1.807, 2.05) is 19.1 Å². The van der Waals surface area contributed by atoms with Crippen molar-refractivity contribution in [3.63, 3.8) is 0 Å². The molecule has 1 saturated heterocycles. The molecular formula is C22H29FIN3O3S. The Hall–Kier alpha value is -1.88. The van der Waals surface area contributed by atoms with Crippen molar-refractivity contribution >= 4 is 39.8 Å². The minimum atomic E-state index is -3.73. The fourth-order valence-corrected chi connectivity index (χ4v) is 4.81. The minimum absolute atomic E-state index is 0. The predicted molar refractivity (Wildman–Crippen MR) is 132 cm³/mol. The highest BCUT2D eigenvalue weighted by Gasteiger charge is 2.26. The van der Waals surface area contributed by atoms with E-state index >= 15 is 0 Å². The molecular weight excluding hydrogens is 532 g/mol. The molecule has 0 bridgehead atoms. The van der Waals surface area contributed by atoms with Crippen LogP contribution in [0.2, 0.25) is 0 Å². The fourth-order valence-electron chi connectivity index (χ4n) is 3.61. The Labute approximate surface area is 200 Å². The third kappa shape index (κ3) is 6.55. The summed E-state index contributed by atoms with van der Waals surface area (Å²) in [7, 11) is -2.08. The summed E-state index contributed by atoms with van der Waals surface area (Å²) in [5, 5.41) is 3.24. The summed E-state index contributed by atoms with van der Waals surface area (Å²) in [6.07, 6.45) is 0.990. The fraction of sp³-hybridized carbons (Fsp3) is 0.409. The zero-order valence-corrected chi connectivity index (χ0v) is 20.9. The van der Waals surface area contributed by atoms with Crippen LogP contribution >= 0.6 is 24.0 Å². The molecule has 1 heterocycles. The van der Waals surface area contributed by atoms with Crippen LogP contribution in [0.1, 0.15) is 24.8 Å². The molecule has 1 fully saturated rings. The van der Waals surface area contributed by atoms with E-state index in [2.05, 4.69) is 27.3 Å². The van der Waals surface area contributed by atoms with Crippen LogP contribution in [-0.2, 0) is 9.84 Å². The highest BCUT2D eigenvalue weighted by Crippen LogP contribution is 2.28. The van der Waals surface area contributed by atoms with E-state index < -0.39 is 15.7 Å². The summed E-state index contributed by atoms with van der Waals surface area (Å²) in [6, 6.07) is 13.5. The monoisotopic (exact) mass is 561 g/mol. The van der Waals surface area contributed by atoms with Crippen molar-refractivity contribution < 1.29 is 17.5 Å². The van der Waals surface area contributed by atoms with Crippen molar-refractivity contribution in [2.24, 2.45) is 4.99 Å². The molecule has 0 aliphatic carbocycles. The van der Waals surface area contributed by atoms with Gasteiger partial charge in [-0.1, -0.05) is 24.3 Å². The van der Waals surface area contributed by atoms with Gasteiger partial charge in [0.1, 0.15) is 16.5 Å². The molecule has 1 aliphatic heterocycles. The summed E-state index contributed by atoms with van der Waals surface area (Å²) >= 11 is 0. The second-order valence-corrected chi connectivity index (χ2v) is 9.27. The quantitative estimate of drug-likeness (QED) is 0.318. The van der Waals surface area contributed by atoms with Crippen LogP contribution in [0, 0.1) is 5.82 Å². The first-order chi connectivity index (χ1) is 14.4. The first-order valence-corrected chi connectivity index (χ1v) is 11.7. The van der Waals surface area contributed by atoms with E-state index in [0.717, 1.165) is 31.3 Å². The number of sulfone groups is 1. The Morgan fingerprint density at radius 1 is 1.23 bits per heavy atom. The summed E-state index contributed by atoms with van der Waals surface area (Å²) < 4.78 is 44.0. The molecule has 0 radical (unpaired) electrons. The average Bonchev–Trinajstić information content (AvgIpc) is 3.23. The molecule has 0 spiro atoms. The molecule has 3 rings (SSSR count). The Morgan fingerprint density at radius 2 is 1.94 bits per heavy atom. The van der Waals surface area contributed by atoms with Crippen molar-refractivity contribution in [3.05, 3.63) is 59.9 Å². The molecule has 0 aromatic heterocycles. The maximum absolute atomic E-state index is 13.8. The van der Waals surface area contributed by atoms with E-state index in [9.17, 15) is 12.8 Å². The van der Waals surface area contributed by atoms with E-state index in [0.29, 0.717) is 18.4 Å². The van der Waals surface area contributed by atoms with Gasteiger partial charge in [-0.05, 0) is 43.2 Å². The summed E-state index contributed by atoms with van der Waals surface area (Å²) in [4.78, 5) is 6.38. The van der Waals surface area contributed by atoms with E-state index in [1.165, 1.54) is 23.8 Å². The smallest absolute Gasteiger partial charge is 0.193 e. The zero-order chi connectivity index (χ0) is 21.6. The molecule has 2 aromatic rings. The number of halogens is 2. The van der Waals surface area contributed by atoms with Crippen molar-refractivity contribution in [1.82, 2.24) is 10.2 Å². The summed E-state index contributed by atoms with van der Waals surface area (Å²) in [6.45, 7) is 4.37. The number of nitrogens with one attached hydrogen (secondary N) is 1. The topological polar surface area (TPSA) is 71.0 Å². The molecule has 6 nitrogen and oxygen atoms in total. The average molecular weight is 561 g/mol. The van der Waals surface area contributed by atoms with Gasteiger partial charge >= 0.3 is 0 Å². The first-order valence-electron chi connectivity index (χ1n) is 10.1. The van der Waals surface area contributed by atoms with Crippen LogP contribution in [0.4, 0.5) is 4.39 Å². The van der Waals surface area contributed by atoms with Gasteiger partial charge in [0, 0.05) is 25.6 Å². The lowest BCUT2D eigenvalue weighted by Gasteiger charge is -2.22. The van der Waals surface area contributed by atoms with Crippen LogP contribution in [0.3, 0.4) is 0 Å². The van der Waals surface area contributed by atoms with Crippen LogP contribution in [0.25, 0.3) is 0 Å². The maximum Gasteiger partial charge on any atom is 0.193 e. The SMILES string of the molecule is CCNC(=NCCS(=O)(=O)c1ccccc1F)N1CCC(c2ccc(OC)cc2)C1.I. The Bertz CT molecular complexity index is 984. The zero-order valence-electron chi connectivity index (χ0n) is 17.8. The number of aliphatic imine (C=N–C) groups is 1. The van der Waals surface area contributed by atoms with Gasteiger partial charge in [-0.25, -0.2) is 12.8 Å². The summed E-state index contributed by atoms with van der Waals surface area (Å²) in [5.41, 5.74) is 1.25. The molecule has 2 aromatic carbocycles. The number of guanidine groups is 1. The standard InChI is InChI=1S/C22H28FN3O3S.HI/c1-3-24-22(25-13-15-30(27,28)21-7-5-4-6-20(21)23)26-14-12-18(16-26)17-8-10-19(29-2)11-9-17;/h4-11,18H,3,12-16H2,1-2H3,(H,24,25);1H. The van der Waals surface area contributed by atoms with E-state index in [1.54, 1.807) is 7.11 Å². The second-order valence-electron chi connectivity index (χ2n) is 7.19. The van der Waals surface area contributed by atoms with E-state index in [-0.39, 0.29) is 41.2 Å². The molecule has 0 saturated carbocycles. The van der Waals surface area contributed by atoms with E-state index in [4.69, 9.17) is 4.74 Å². The number of hydrogen-bond acceptors (Lipinski definition) is 4. The number of hydrogen-bond donors (Lipinski definition) is 1. The third-order valence-corrected chi connectivity index (χ3v) is 6.92. The molecule has 1 atom stereocenters. The molecule has 1 unspecified atom stereocenters. The Kier molecular flexibility index (Phi) is 9.54.